The van der Waals surface area contributed by atoms with E-state index in [9.17, 15) is 4.79 Å². The quantitative estimate of drug-likeness (QED) is 0.907. The normalized spacial score (nSPS) is 17.2. The van der Waals surface area contributed by atoms with Crippen LogP contribution >= 0.6 is 0 Å². The van der Waals surface area contributed by atoms with Gasteiger partial charge in [0.05, 0.1) is 6.04 Å². The molecule has 0 aromatic carbocycles. The van der Waals surface area contributed by atoms with E-state index in [0.29, 0.717) is 5.82 Å². The maximum atomic E-state index is 12.2. The Morgan fingerprint density at radius 3 is 2.83 bits per heavy atom. The van der Waals surface area contributed by atoms with Crippen molar-refractivity contribution >= 4 is 11.8 Å². The number of aromatic nitrogens is 5. The van der Waals surface area contributed by atoms with Gasteiger partial charge in [0.25, 0.3) is 0 Å². The Balaban J connectivity index is 1.70. The monoisotopic (exact) mass is 317 g/mol. The van der Waals surface area contributed by atoms with E-state index in [4.69, 9.17) is 0 Å². The highest BCUT2D eigenvalue weighted by Crippen LogP contribution is 2.25. The van der Waals surface area contributed by atoms with Crippen LogP contribution in [0, 0.1) is 6.92 Å². The van der Waals surface area contributed by atoms with Gasteiger partial charge in [-0.15, -0.1) is 0 Å². The highest BCUT2D eigenvalue weighted by atomic mass is 16.2. The number of anilines is 1. The fourth-order valence-electron chi connectivity index (χ4n) is 2.68. The van der Waals surface area contributed by atoms with Crippen LogP contribution in [-0.4, -0.2) is 30.6 Å². The molecule has 3 rings (SSSR count). The molecule has 1 unspecified atom stereocenters. The second-order valence-corrected chi connectivity index (χ2v) is 6.29. The molecule has 124 valence electrons. The van der Waals surface area contributed by atoms with Gasteiger partial charge in [0, 0.05) is 31.3 Å². The first-order valence-electron chi connectivity index (χ1n) is 7.97. The Bertz CT molecular complexity index is 696. The summed E-state index contributed by atoms with van der Waals surface area (Å²) < 4.78 is 3.64. The third-order valence-corrected chi connectivity index (χ3v) is 4.07. The van der Waals surface area contributed by atoms with Crippen molar-refractivity contribution < 1.29 is 4.79 Å². The minimum atomic E-state index is -0.268. The lowest BCUT2D eigenvalue weighted by Crippen LogP contribution is -2.36. The zero-order chi connectivity index (χ0) is 16.6. The van der Waals surface area contributed by atoms with E-state index in [1.165, 1.54) is 0 Å². The number of nitrogens with zero attached hydrogens (tertiary/aromatic N) is 5. The first-order chi connectivity index (χ1) is 10.9. The lowest BCUT2D eigenvalue weighted by molar-refractivity contribution is 0.244. The maximum absolute atomic E-state index is 12.2. The summed E-state index contributed by atoms with van der Waals surface area (Å²) in [5.74, 6) is 2.49. The number of fused-ring (bicyclic) bond motifs is 1. The van der Waals surface area contributed by atoms with Crippen LogP contribution in [0.4, 0.5) is 10.6 Å². The van der Waals surface area contributed by atoms with Crippen molar-refractivity contribution in [1.82, 2.24) is 29.9 Å². The molecule has 0 spiro atoms. The average Bonchev–Trinajstić information content (AvgIpc) is 3.04. The van der Waals surface area contributed by atoms with Crippen LogP contribution in [0.25, 0.3) is 0 Å². The fraction of sp³-hybridized carbons (Fsp3) is 0.600. The van der Waals surface area contributed by atoms with Crippen molar-refractivity contribution in [2.24, 2.45) is 7.05 Å². The van der Waals surface area contributed by atoms with Crippen molar-refractivity contribution in [3.8, 4) is 0 Å². The SMILES string of the molecule is Cc1cc(NC(=O)NC2CCCn3nc(C(C)C)nc32)nn1C. The minimum Gasteiger partial charge on any atom is -0.328 e. The van der Waals surface area contributed by atoms with Crippen molar-refractivity contribution in [3.63, 3.8) is 0 Å². The van der Waals surface area contributed by atoms with Crippen LogP contribution in [0.15, 0.2) is 6.07 Å². The molecule has 8 heteroatoms. The van der Waals surface area contributed by atoms with E-state index in [0.717, 1.165) is 36.7 Å². The van der Waals surface area contributed by atoms with Crippen molar-refractivity contribution in [2.45, 2.75) is 52.1 Å². The zero-order valence-corrected chi connectivity index (χ0v) is 14.0. The van der Waals surface area contributed by atoms with Crippen LogP contribution in [0.3, 0.4) is 0 Å². The third kappa shape index (κ3) is 3.20. The third-order valence-electron chi connectivity index (χ3n) is 4.07. The van der Waals surface area contributed by atoms with Crippen molar-refractivity contribution in [1.29, 1.82) is 0 Å². The number of nitrogens with one attached hydrogen (secondary N) is 2. The molecular formula is C15H23N7O. The van der Waals surface area contributed by atoms with Gasteiger partial charge in [0.15, 0.2) is 11.6 Å². The predicted molar refractivity (Wildman–Crippen MR) is 86.2 cm³/mol. The van der Waals surface area contributed by atoms with Gasteiger partial charge < -0.3 is 5.32 Å². The van der Waals surface area contributed by atoms with Gasteiger partial charge in [-0.3, -0.25) is 10.00 Å². The molecule has 0 saturated carbocycles. The lowest BCUT2D eigenvalue weighted by Gasteiger charge is -2.22. The second kappa shape index (κ2) is 6.02. The van der Waals surface area contributed by atoms with Gasteiger partial charge in [-0.25, -0.2) is 14.5 Å². The van der Waals surface area contributed by atoms with Crippen molar-refractivity contribution in [2.75, 3.05) is 5.32 Å². The first-order valence-corrected chi connectivity index (χ1v) is 7.97. The highest BCUT2D eigenvalue weighted by Gasteiger charge is 2.26. The van der Waals surface area contributed by atoms with Gasteiger partial charge in [-0.05, 0) is 19.8 Å². The van der Waals surface area contributed by atoms with E-state index >= 15 is 0 Å². The molecule has 2 aromatic rings. The number of aryl methyl sites for hydroxylation is 3. The Hall–Kier alpha value is -2.38. The Morgan fingerprint density at radius 1 is 1.39 bits per heavy atom. The number of carbonyl (C=O) groups excluding carboxylic acids is 1. The highest BCUT2D eigenvalue weighted by molar-refractivity contribution is 5.88. The molecule has 2 N–H and O–H groups in total. The molecule has 1 aliphatic rings. The standard InChI is InChI=1S/C15H23N7O/c1-9(2)13-18-14-11(6-5-7-22(14)20-13)16-15(23)17-12-8-10(3)21(4)19-12/h8-9,11H,5-7H2,1-4H3,(H2,16,17,19,23). The van der Waals surface area contributed by atoms with Gasteiger partial charge in [-0.1, -0.05) is 13.8 Å². The minimum absolute atomic E-state index is 0.117. The molecule has 0 fully saturated rings. The molecule has 1 aliphatic heterocycles. The molecule has 3 heterocycles. The van der Waals surface area contributed by atoms with Gasteiger partial charge in [0.2, 0.25) is 0 Å². The number of amides is 2. The van der Waals surface area contributed by atoms with Crippen LogP contribution in [0.5, 0.6) is 0 Å². The zero-order valence-electron chi connectivity index (χ0n) is 14.0. The summed E-state index contributed by atoms with van der Waals surface area (Å²) in [5.41, 5.74) is 0.985. The Labute approximate surface area is 135 Å². The molecule has 23 heavy (non-hydrogen) atoms. The smallest absolute Gasteiger partial charge is 0.321 e. The van der Waals surface area contributed by atoms with E-state index in [1.54, 1.807) is 4.68 Å². The number of hydrogen-bond acceptors (Lipinski definition) is 4. The van der Waals surface area contributed by atoms with Crippen LogP contribution in [0.1, 0.15) is 56.0 Å². The molecule has 8 nitrogen and oxygen atoms in total. The summed E-state index contributed by atoms with van der Waals surface area (Å²) in [7, 11) is 1.84. The summed E-state index contributed by atoms with van der Waals surface area (Å²) in [6, 6.07) is 1.45. The number of rotatable bonds is 3. The molecule has 0 radical (unpaired) electrons. The molecule has 0 bridgehead atoms. The van der Waals surface area contributed by atoms with Crippen molar-refractivity contribution in [3.05, 3.63) is 23.4 Å². The topological polar surface area (TPSA) is 89.7 Å². The molecule has 0 aliphatic carbocycles. The average molecular weight is 317 g/mol. The van der Waals surface area contributed by atoms with Gasteiger partial charge in [-0.2, -0.15) is 10.2 Å². The summed E-state index contributed by atoms with van der Waals surface area (Å²) in [6.07, 6.45) is 1.84. The first kappa shape index (κ1) is 15.5. The lowest BCUT2D eigenvalue weighted by atomic mass is 10.1. The largest absolute Gasteiger partial charge is 0.328 e. The molecule has 2 amide bonds. The fourth-order valence-corrected chi connectivity index (χ4v) is 2.68. The second-order valence-electron chi connectivity index (χ2n) is 6.29. The van der Waals surface area contributed by atoms with Crippen LogP contribution in [-0.2, 0) is 13.6 Å². The number of hydrogen-bond donors (Lipinski definition) is 2. The van der Waals surface area contributed by atoms with Gasteiger partial charge in [0.1, 0.15) is 5.82 Å². The van der Waals surface area contributed by atoms with E-state index in [1.807, 2.05) is 24.7 Å². The number of urea groups is 1. The van der Waals surface area contributed by atoms with Crippen LogP contribution < -0.4 is 10.6 Å². The summed E-state index contributed by atoms with van der Waals surface area (Å²) in [5, 5.41) is 14.5. The van der Waals surface area contributed by atoms with E-state index < -0.39 is 0 Å². The maximum Gasteiger partial charge on any atom is 0.321 e. The van der Waals surface area contributed by atoms with E-state index in [-0.39, 0.29) is 18.0 Å². The Morgan fingerprint density at radius 2 is 2.17 bits per heavy atom. The van der Waals surface area contributed by atoms with E-state index in [2.05, 4.69) is 39.7 Å². The summed E-state index contributed by atoms with van der Waals surface area (Å²) in [4.78, 5) is 16.8. The summed E-state index contributed by atoms with van der Waals surface area (Å²) in [6.45, 7) is 6.93. The van der Waals surface area contributed by atoms with Crippen LogP contribution in [0.2, 0.25) is 0 Å². The molecular weight excluding hydrogens is 294 g/mol. The molecule has 1 atom stereocenters. The molecule has 2 aromatic heterocycles. The predicted octanol–water partition coefficient (Wildman–Crippen LogP) is 2.10. The number of carbonyl (C=O) groups is 1. The molecule has 0 saturated heterocycles. The van der Waals surface area contributed by atoms with Gasteiger partial charge >= 0.3 is 6.03 Å². The summed E-state index contributed by atoms with van der Waals surface area (Å²) >= 11 is 0. The Kier molecular flexibility index (Phi) is 4.06.